The Kier molecular flexibility index (Phi) is 4.70. The average molecular weight is 196 g/mol. The maximum absolute atomic E-state index is 5.00. The lowest BCUT2D eigenvalue weighted by Crippen LogP contribution is -2.37. The second-order valence-electron chi connectivity index (χ2n) is 3.79. The summed E-state index contributed by atoms with van der Waals surface area (Å²) >= 11 is 0. The van der Waals surface area contributed by atoms with Gasteiger partial charge in [0.05, 0.1) is 12.5 Å². The minimum Gasteiger partial charge on any atom is -0.472 e. The van der Waals surface area contributed by atoms with Crippen LogP contribution in [0.5, 0.6) is 0 Å². The summed E-state index contributed by atoms with van der Waals surface area (Å²) in [6, 6.07) is 2.60. The smallest absolute Gasteiger partial charge is 0.0947 e. The minimum atomic E-state index is 0.613. The number of likely N-dealkylation sites (N-methyl/N-ethyl adjacent to an activating group) is 1. The lowest BCUT2D eigenvalue weighted by Gasteiger charge is -2.22. The Balaban J connectivity index is 2.20. The summed E-state index contributed by atoms with van der Waals surface area (Å²) in [5.74, 6) is 0. The van der Waals surface area contributed by atoms with Crippen LogP contribution in [-0.4, -0.2) is 31.6 Å². The minimum absolute atomic E-state index is 0.613. The summed E-state index contributed by atoms with van der Waals surface area (Å²) in [7, 11) is 4.24. The molecule has 0 fully saturated rings. The summed E-state index contributed by atoms with van der Waals surface area (Å²) in [4.78, 5) is 2.25. The van der Waals surface area contributed by atoms with Crippen LogP contribution in [0.15, 0.2) is 23.0 Å². The standard InChI is InChI=1S/C11H20N2O/c1-4-11(13(2)3)8-12-7-10-5-6-14-9-10/h5-6,9,11-12H,4,7-8H2,1-3H3. The van der Waals surface area contributed by atoms with E-state index >= 15 is 0 Å². The van der Waals surface area contributed by atoms with Gasteiger partial charge in [0.2, 0.25) is 0 Å². The topological polar surface area (TPSA) is 28.4 Å². The monoisotopic (exact) mass is 196 g/mol. The average Bonchev–Trinajstić information content (AvgIpc) is 2.64. The number of furan rings is 1. The van der Waals surface area contributed by atoms with E-state index in [9.17, 15) is 0 Å². The molecule has 1 rings (SSSR count). The van der Waals surface area contributed by atoms with E-state index in [-0.39, 0.29) is 0 Å². The summed E-state index contributed by atoms with van der Waals surface area (Å²) in [5, 5.41) is 3.42. The van der Waals surface area contributed by atoms with Crippen LogP contribution in [0.1, 0.15) is 18.9 Å². The Labute approximate surface area is 86.1 Å². The quantitative estimate of drug-likeness (QED) is 0.751. The highest BCUT2D eigenvalue weighted by Crippen LogP contribution is 2.00. The molecule has 1 N–H and O–H groups in total. The van der Waals surface area contributed by atoms with Crippen LogP contribution >= 0.6 is 0 Å². The van der Waals surface area contributed by atoms with Crippen molar-refractivity contribution in [3.05, 3.63) is 24.2 Å². The van der Waals surface area contributed by atoms with Crippen LogP contribution in [0.2, 0.25) is 0 Å². The maximum Gasteiger partial charge on any atom is 0.0947 e. The summed E-state index contributed by atoms with van der Waals surface area (Å²) in [5.41, 5.74) is 1.21. The van der Waals surface area contributed by atoms with Gasteiger partial charge in [-0.25, -0.2) is 0 Å². The molecule has 1 atom stereocenters. The highest BCUT2D eigenvalue weighted by Gasteiger charge is 2.07. The Morgan fingerprint density at radius 2 is 2.29 bits per heavy atom. The molecule has 3 nitrogen and oxygen atoms in total. The molecule has 14 heavy (non-hydrogen) atoms. The second-order valence-corrected chi connectivity index (χ2v) is 3.79. The predicted octanol–water partition coefficient (Wildman–Crippen LogP) is 1.71. The van der Waals surface area contributed by atoms with Crippen molar-refractivity contribution in [2.24, 2.45) is 0 Å². The zero-order chi connectivity index (χ0) is 10.4. The molecule has 0 aliphatic heterocycles. The molecule has 1 heterocycles. The van der Waals surface area contributed by atoms with Crippen LogP contribution in [0.4, 0.5) is 0 Å². The summed E-state index contributed by atoms with van der Waals surface area (Å²) < 4.78 is 5.00. The summed E-state index contributed by atoms with van der Waals surface area (Å²) in [6.45, 7) is 4.12. The van der Waals surface area contributed by atoms with Crippen LogP contribution in [0, 0.1) is 0 Å². The van der Waals surface area contributed by atoms with Gasteiger partial charge in [-0.1, -0.05) is 6.92 Å². The molecule has 3 heteroatoms. The van der Waals surface area contributed by atoms with Crippen LogP contribution in [0.3, 0.4) is 0 Å². The van der Waals surface area contributed by atoms with Crippen molar-refractivity contribution in [1.29, 1.82) is 0 Å². The van der Waals surface area contributed by atoms with Crippen molar-refractivity contribution < 1.29 is 4.42 Å². The van der Waals surface area contributed by atoms with Crippen molar-refractivity contribution in [2.75, 3.05) is 20.6 Å². The molecule has 1 aromatic rings. The molecule has 0 saturated carbocycles. The first kappa shape index (κ1) is 11.3. The van der Waals surface area contributed by atoms with Crippen molar-refractivity contribution >= 4 is 0 Å². The zero-order valence-corrected chi connectivity index (χ0v) is 9.29. The molecular formula is C11H20N2O. The first-order valence-corrected chi connectivity index (χ1v) is 5.12. The van der Waals surface area contributed by atoms with Gasteiger partial charge in [-0.05, 0) is 26.6 Å². The lowest BCUT2D eigenvalue weighted by atomic mass is 10.2. The zero-order valence-electron chi connectivity index (χ0n) is 9.29. The van der Waals surface area contributed by atoms with Crippen molar-refractivity contribution in [2.45, 2.75) is 25.9 Å². The molecule has 0 radical (unpaired) electrons. The van der Waals surface area contributed by atoms with Crippen LogP contribution in [-0.2, 0) is 6.54 Å². The lowest BCUT2D eigenvalue weighted by molar-refractivity contribution is 0.276. The fraction of sp³-hybridized carbons (Fsp3) is 0.636. The Morgan fingerprint density at radius 3 is 2.79 bits per heavy atom. The Hall–Kier alpha value is -0.800. The molecule has 1 unspecified atom stereocenters. The SMILES string of the molecule is CCC(CNCc1ccoc1)N(C)C. The van der Waals surface area contributed by atoms with Crippen molar-refractivity contribution in [3.8, 4) is 0 Å². The first-order chi connectivity index (χ1) is 6.74. The molecule has 0 aliphatic carbocycles. The third-order valence-electron chi connectivity index (χ3n) is 2.49. The van der Waals surface area contributed by atoms with E-state index in [1.54, 1.807) is 12.5 Å². The van der Waals surface area contributed by atoms with Crippen molar-refractivity contribution in [1.82, 2.24) is 10.2 Å². The number of hydrogen-bond donors (Lipinski definition) is 1. The van der Waals surface area contributed by atoms with Gasteiger partial charge < -0.3 is 14.6 Å². The van der Waals surface area contributed by atoms with E-state index in [1.807, 2.05) is 6.07 Å². The van der Waals surface area contributed by atoms with Crippen molar-refractivity contribution in [3.63, 3.8) is 0 Å². The highest BCUT2D eigenvalue weighted by molar-refractivity contribution is 5.04. The number of nitrogens with zero attached hydrogens (tertiary/aromatic N) is 1. The molecule has 0 aromatic carbocycles. The largest absolute Gasteiger partial charge is 0.472 e. The van der Waals surface area contributed by atoms with E-state index in [0.717, 1.165) is 13.1 Å². The van der Waals surface area contributed by atoms with E-state index in [4.69, 9.17) is 4.42 Å². The van der Waals surface area contributed by atoms with E-state index in [2.05, 4.69) is 31.2 Å². The van der Waals surface area contributed by atoms with Gasteiger partial charge in [0.15, 0.2) is 0 Å². The molecule has 1 aromatic heterocycles. The molecular weight excluding hydrogens is 176 g/mol. The third kappa shape index (κ3) is 3.52. The normalized spacial score (nSPS) is 13.4. The Bertz CT molecular complexity index is 231. The van der Waals surface area contributed by atoms with Gasteiger partial charge in [-0.15, -0.1) is 0 Å². The van der Waals surface area contributed by atoms with E-state index in [1.165, 1.54) is 12.0 Å². The molecule has 0 saturated heterocycles. The second kappa shape index (κ2) is 5.83. The molecule has 80 valence electrons. The maximum atomic E-state index is 5.00. The third-order valence-corrected chi connectivity index (χ3v) is 2.49. The predicted molar refractivity (Wildman–Crippen MR) is 58.2 cm³/mol. The van der Waals surface area contributed by atoms with Gasteiger partial charge in [-0.2, -0.15) is 0 Å². The van der Waals surface area contributed by atoms with Gasteiger partial charge in [0.25, 0.3) is 0 Å². The summed E-state index contributed by atoms with van der Waals surface area (Å²) in [6.07, 6.45) is 4.66. The van der Waals surface area contributed by atoms with Crippen LogP contribution < -0.4 is 5.32 Å². The molecule has 0 spiro atoms. The van der Waals surface area contributed by atoms with Gasteiger partial charge in [-0.3, -0.25) is 0 Å². The molecule has 0 aliphatic rings. The van der Waals surface area contributed by atoms with E-state index < -0.39 is 0 Å². The molecule has 0 bridgehead atoms. The number of nitrogens with one attached hydrogen (secondary N) is 1. The Morgan fingerprint density at radius 1 is 1.50 bits per heavy atom. The number of rotatable bonds is 6. The van der Waals surface area contributed by atoms with E-state index in [0.29, 0.717) is 6.04 Å². The van der Waals surface area contributed by atoms with Crippen LogP contribution in [0.25, 0.3) is 0 Å². The van der Waals surface area contributed by atoms with Gasteiger partial charge in [0.1, 0.15) is 0 Å². The fourth-order valence-corrected chi connectivity index (χ4v) is 1.47. The molecule has 0 amide bonds. The van der Waals surface area contributed by atoms with Gasteiger partial charge >= 0.3 is 0 Å². The van der Waals surface area contributed by atoms with Gasteiger partial charge in [0, 0.05) is 24.7 Å². The highest BCUT2D eigenvalue weighted by atomic mass is 16.3. The first-order valence-electron chi connectivity index (χ1n) is 5.12. The fourth-order valence-electron chi connectivity index (χ4n) is 1.47. The number of hydrogen-bond acceptors (Lipinski definition) is 3.